The Hall–Kier alpha value is -0.830. The molecular weight excluding hydrogens is 162 g/mol. The van der Waals surface area contributed by atoms with Gasteiger partial charge < -0.3 is 9.88 Å². The zero-order chi connectivity index (χ0) is 9.26. The lowest BCUT2D eigenvalue weighted by Gasteiger charge is -2.27. The van der Waals surface area contributed by atoms with Crippen molar-refractivity contribution in [2.45, 2.75) is 19.3 Å². The summed E-state index contributed by atoms with van der Waals surface area (Å²) in [5.41, 5.74) is 0. The molecule has 2 rings (SSSR count). The molecule has 72 valence electrons. The normalized spacial score (nSPS) is 29.1. The Bertz CT molecular complexity index is 279. The van der Waals surface area contributed by atoms with E-state index in [1.807, 2.05) is 12.4 Å². The second kappa shape index (κ2) is 3.50. The van der Waals surface area contributed by atoms with E-state index < -0.39 is 0 Å². The Kier molecular flexibility index (Phi) is 2.36. The first-order chi connectivity index (χ1) is 6.27. The van der Waals surface area contributed by atoms with E-state index >= 15 is 0 Å². The van der Waals surface area contributed by atoms with Crippen molar-refractivity contribution in [3.8, 4) is 0 Å². The van der Waals surface area contributed by atoms with Gasteiger partial charge in [0, 0.05) is 31.9 Å². The van der Waals surface area contributed by atoms with Gasteiger partial charge in [-0.05, 0) is 18.9 Å². The monoisotopic (exact) mass is 179 g/mol. The molecule has 0 bridgehead atoms. The number of nitrogens with one attached hydrogen (secondary N) is 1. The number of hydrogen-bond donors (Lipinski definition) is 1. The summed E-state index contributed by atoms with van der Waals surface area (Å²) >= 11 is 0. The van der Waals surface area contributed by atoms with E-state index in [0.29, 0.717) is 5.92 Å². The van der Waals surface area contributed by atoms with E-state index in [2.05, 4.69) is 28.8 Å². The molecule has 1 aliphatic rings. The predicted octanol–water partition coefficient (Wildman–Crippen LogP) is 1.13. The summed E-state index contributed by atoms with van der Waals surface area (Å²) in [7, 11) is 2.07. The predicted molar refractivity (Wildman–Crippen MR) is 52.6 cm³/mol. The lowest BCUT2D eigenvalue weighted by atomic mass is 9.91. The minimum absolute atomic E-state index is 0.601. The van der Waals surface area contributed by atoms with Crippen LogP contribution in [0.15, 0.2) is 12.4 Å². The van der Waals surface area contributed by atoms with Crippen LogP contribution in [0.4, 0.5) is 0 Å². The molecule has 3 heteroatoms. The van der Waals surface area contributed by atoms with Crippen LogP contribution in [-0.2, 0) is 7.05 Å². The van der Waals surface area contributed by atoms with Gasteiger partial charge in [-0.3, -0.25) is 0 Å². The third-order valence-electron chi connectivity index (χ3n) is 2.79. The highest BCUT2D eigenvalue weighted by Crippen LogP contribution is 2.24. The highest BCUT2D eigenvalue weighted by Gasteiger charge is 2.22. The van der Waals surface area contributed by atoms with E-state index in [-0.39, 0.29) is 0 Å². The molecule has 1 saturated heterocycles. The molecule has 0 spiro atoms. The van der Waals surface area contributed by atoms with E-state index in [1.54, 1.807) is 0 Å². The number of hydrogen-bond acceptors (Lipinski definition) is 2. The maximum Gasteiger partial charge on any atom is 0.112 e. The molecule has 1 aromatic heterocycles. The summed E-state index contributed by atoms with van der Waals surface area (Å²) in [5, 5.41) is 3.45. The lowest BCUT2D eigenvalue weighted by Crippen LogP contribution is -2.34. The van der Waals surface area contributed by atoms with Crippen LogP contribution in [0.25, 0.3) is 0 Å². The Balaban J connectivity index is 2.12. The second-order valence-corrected chi connectivity index (χ2v) is 4.09. The molecule has 0 amide bonds. The maximum absolute atomic E-state index is 4.40. The van der Waals surface area contributed by atoms with Crippen LogP contribution in [0.1, 0.15) is 25.1 Å². The second-order valence-electron chi connectivity index (χ2n) is 4.09. The molecule has 0 saturated carbocycles. The standard InChI is InChI=1S/C10H17N3/c1-8-5-9(7-11-6-8)10-12-3-4-13(10)2/h3-4,8-9,11H,5-7H2,1-2H3. The molecule has 1 fully saturated rings. The molecule has 0 radical (unpaired) electrons. The number of aryl methyl sites for hydroxylation is 1. The number of rotatable bonds is 1. The first kappa shape index (κ1) is 8.75. The molecule has 2 heterocycles. The van der Waals surface area contributed by atoms with Gasteiger partial charge >= 0.3 is 0 Å². The van der Waals surface area contributed by atoms with E-state index in [1.165, 1.54) is 12.2 Å². The molecule has 3 nitrogen and oxygen atoms in total. The number of nitrogens with zero attached hydrogens (tertiary/aromatic N) is 2. The van der Waals surface area contributed by atoms with Gasteiger partial charge in [0.25, 0.3) is 0 Å². The summed E-state index contributed by atoms with van der Waals surface area (Å²) in [4.78, 5) is 4.40. The van der Waals surface area contributed by atoms with Gasteiger partial charge in [-0.1, -0.05) is 6.92 Å². The maximum atomic E-state index is 4.40. The fourth-order valence-corrected chi connectivity index (χ4v) is 2.12. The van der Waals surface area contributed by atoms with Crippen molar-refractivity contribution in [2.75, 3.05) is 13.1 Å². The Morgan fingerprint density at radius 3 is 3.00 bits per heavy atom. The smallest absolute Gasteiger partial charge is 0.112 e. The average Bonchev–Trinajstić information content (AvgIpc) is 2.51. The third-order valence-corrected chi connectivity index (χ3v) is 2.79. The van der Waals surface area contributed by atoms with E-state index in [9.17, 15) is 0 Å². The van der Waals surface area contributed by atoms with Crippen LogP contribution < -0.4 is 5.32 Å². The fourth-order valence-electron chi connectivity index (χ4n) is 2.12. The van der Waals surface area contributed by atoms with Crippen LogP contribution in [0.5, 0.6) is 0 Å². The van der Waals surface area contributed by atoms with Crippen LogP contribution in [0.2, 0.25) is 0 Å². The Morgan fingerprint density at radius 2 is 2.38 bits per heavy atom. The van der Waals surface area contributed by atoms with Crippen molar-refractivity contribution in [1.29, 1.82) is 0 Å². The molecule has 0 aliphatic carbocycles. The summed E-state index contributed by atoms with van der Waals surface area (Å²) < 4.78 is 2.13. The third kappa shape index (κ3) is 1.75. The van der Waals surface area contributed by atoms with Crippen molar-refractivity contribution in [3.05, 3.63) is 18.2 Å². The zero-order valence-electron chi connectivity index (χ0n) is 8.33. The lowest BCUT2D eigenvalue weighted by molar-refractivity contribution is 0.351. The number of aromatic nitrogens is 2. The van der Waals surface area contributed by atoms with Gasteiger partial charge in [-0.15, -0.1) is 0 Å². The van der Waals surface area contributed by atoms with Crippen LogP contribution in [0, 0.1) is 5.92 Å². The highest BCUT2D eigenvalue weighted by atomic mass is 15.1. The van der Waals surface area contributed by atoms with Crippen LogP contribution in [0.3, 0.4) is 0 Å². The SMILES string of the molecule is CC1CNCC(c2nccn2C)C1. The summed E-state index contributed by atoms with van der Waals surface area (Å²) in [6, 6.07) is 0. The van der Waals surface area contributed by atoms with Gasteiger partial charge in [0.15, 0.2) is 0 Å². The number of imidazole rings is 1. The van der Waals surface area contributed by atoms with E-state index in [4.69, 9.17) is 0 Å². The van der Waals surface area contributed by atoms with Crippen molar-refractivity contribution in [2.24, 2.45) is 13.0 Å². The van der Waals surface area contributed by atoms with Gasteiger partial charge in [0.1, 0.15) is 5.82 Å². The molecule has 13 heavy (non-hydrogen) atoms. The van der Waals surface area contributed by atoms with Gasteiger partial charge in [0.05, 0.1) is 0 Å². The highest BCUT2D eigenvalue weighted by molar-refractivity contribution is 5.02. The van der Waals surface area contributed by atoms with Gasteiger partial charge in [-0.2, -0.15) is 0 Å². The Morgan fingerprint density at radius 1 is 1.54 bits per heavy atom. The minimum atomic E-state index is 0.601. The number of piperidine rings is 1. The zero-order valence-corrected chi connectivity index (χ0v) is 8.33. The first-order valence-corrected chi connectivity index (χ1v) is 4.95. The molecule has 1 N–H and O–H groups in total. The topological polar surface area (TPSA) is 29.9 Å². The largest absolute Gasteiger partial charge is 0.338 e. The van der Waals surface area contributed by atoms with Gasteiger partial charge in [-0.25, -0.2) is 4.98 Å². The van der Waals surface area contributed by atoms with E-state index in [0.717, 1.165) is 19.0 Å². The van der Waals surface area contributed by atoms with Crippen molar-refractivity contribution >= 4 is 0 Å². The van der Waals surface area contributed by atoms with Crippen LogP contribution in [-0.4, -0.2) is 22.6 Å². The minimum Gasteiger partial charge on any atom is -0.338 e. The molecule has 1 aromatic rings. The molecule has 1 aliphatic heterocycles. The van der Waals surface area contributed by atoms with Crippen molar-refractivity contribution in [3.63, 3.8) is 0 Å². The molecule has 2 unspecified atom stereocenters. The van der Waals surface area contributed by atoms with Crippen molar-refractivity contribution in [1.82, 2.24) is 14.9 Å². The fraction of sp³-hybridized carbons (Fsp3) is 0.700. The summed E-state index contributed by atoms with van der Waals surface area (Å²) in [5.74, 6) is 2.60. The first-order valence-electron chi connectivity index (χ1n) is 4.95. The molecule has 2 atom stereocenters. The quantitative estimate of drug-likeness (QED) is 0.700. The van der Waals surface area contributed by atoms with Crippen molar-refractivity contribution < 1.29 is 0 Å². The molecular formula is C10H17N3. The van der Waals surface area contributed by atoms with Crippen LogP contribution >= 0.6 is 0 Å². The summed E-state index contributed by atoms with van der Waals surface area (Å²) in [6.07, 6.45) is 5.17. The molecule has 0 aromatic carbocycles. The average molecular weight is 179 g/mol. The van der Waals surface area contributed by atoms with Gasteiger partial charge in [0.2, 0.25) is 0 Å². The summed E-state index contributed by atoms with van der Waals surface area (Å²) in [6.45, 7) is 4.53. The Labute approximate surface area is 79.2 Å².